The van der Waals surface area contributed by atoms with Crippen LogP contribution in [0.5, 0.6) is 0 Å². The maximum Gasteiger partial charge on any atom is 0.229 e. The molecular weight excluding hydrogens is 406 g/mol. The molecule has 8 heteroatoms. The van der Waals surface area contributed by atoms with E-state index in [9.17, 15) is 9.59 Å². The third-order valence-corrected chi connectivity index (χ3v) is 5.37. The maximum absolute atomic E-state index is 12.6. The van der Waals surface area contributed by atoms with Gasteiger partial charge in [-0.25, -0.2) is 9.97 Å². The van der Waals surface area contributed by atoms with Crippen LogP contribution in [0, 0.1) is 19.8 Å². The summed E-state index contributed by atoms with van der Waals surface area (Å²) in [4.78, 5) is 35.4. The fourth-order valence-corrected chi connectivity index (χ4v) is 3.84. The van der Waals surface area contributed by atoms with Gasteiger partial charge in [-0.05, 0) is 56.3 Å². The molecule has 2 aromatic heterocycles. The predicted molar refractivity (Wildman–Crippen MR) is 121 cm³/mol. The smallest absolute Gasteiger partial charge is 0.229 e. The number of anilines is 2. The van der Waals surface area contributed by atoms with Gasteiger partial charge in [0.15, 0.2) is 0 Å². The Balaban J connectivity index is 1.25. The van der Waals surface area contributed by atoms with Gasteiger partial charge in [0.2, 0.25) is 11.8 Å². The predicted octanol–water partition coefficient (Wildman–Crippen LogP) is 3.33. The zero-order valence-corrected chi connectivity index (χ0v) is 18.3. The highest BCUT2D eigenvalue weighted by Crippen LogP contribution is 2.22. The molecule has 0 aliphatic carbocycles. The summed E-state index contributed by atoms with van der Waals surface area (Å²) in [6.45, 7) is 5.44. The van der Waals surface area contributed by atoms with Crippen molar-refractivity contribution < 1.29 is 14.0 Å². The first-order chi connectivity index (χ1) is 15.5. The molecule has 0 spiro atoms. The highest BCUT2D eigenvalue weighted by molar-refractivity contribution is 5.97. The number of amides is 2. The van der Waals surface area contributed by atoms with Crippen LogP contribution in [0.1, 0.15) is 29.4 Å². The van der Waals surface area contributed by atoms with Crippen LogP contribution < -0.4 is 10.6 Å². The second kappa shape index (κ2) is 9.64. The van der Waals surface area contributed by atoms with Gasteiger partial charge in [0.25, 0.3) is 0 Å². The average molecular weight is 434 g/mol. The third-order valence-electron chi connectivity index (χ3n) is 5.37. The van der Waals surface area contributed by atoms with Gasteiger partial charge in [0.05, 0.1) is 18.7 Å². The van der Waals surface area contributed by atoms with E-state index in [1.807, 2.05) is 50.2 Å². The lowest BCUT2D eigenvalue weighted by atomic mass is 10.1. The van der Waals surface area contributed by atoms with Gasteiger partial charge < -0.3 is 20.0 Å². The molecule has 1 fully saturated rings. The van der Waals surface area contributed by atoms with E-state index in [-0.39, 0.29) is 24.2 Å². The molecule has 3 aromatic rings. The average Bonchev–Trinajstić information content (AvgIpc) is 3.39. The molecule has 1 aliphatic rings. The second-order valence-corrected chi connectivity index (χ2v) is 8.06. The number of aryl methyl sites for hydroxylation is 2. The molecule has 166 valence electrons. The summed E-state index contributed by atoms with van der Waals surface area (Å²) in [6.07, 6.45) is 2.52. The fraction of sp³-hybridized carbons (Fsp3) is 0.333. The van der Waals surface area contributed by atoms with Crippen LogP contribution in [0.15, 0.2) is 53.1 Å². The number of carbonyl (C=O) groups excluding carboxylic acids is 2. The highest BCUT2D eigenvalue weighted by Gasteiger charge is 2.34. The topological polar surface area (TPSA) is 100 Å². The number of hydrogen-bond acceptors (Lipinski definition) is 6. The van der Waals surface area contributed by atoms with Crippen LogP contribution in [0.4, 0.5) is 11.4 Å². The van der Waals surface area contributed by atoms with Gasteiger partial charge >= 0.3 is 0 Å². The van der Waals surface area contributed by atoms with Gasteiger partial charge in [-0.2, -0.15) is 0 Å². The molecule has 4 rings (SSSR count). The lowest BCUT2D eigenvalue weighted by Crippen LogP contribution is -2.27. The van der Waals surface area contributed by atoms with Gasteiger partial charge in [0.1, 0.15) is 11.6 Å². The lowest BCUT2D eigenvalue weighted by molar-refractivity contribution is -0.128. The van der Waals surface area contributed by atoms with E-state index < -0.39 is 0 Å². The first kappa shape index (κ1) is 21.5. The van der Waals surface area contributed by atoms with Crippen molar-refractivity contribution in [2.75, 3.05) is 23.7 Å². The normalized spacial score (nSPS) is 15.8. The summed E-state index contributed by atoms with van der Waals surface area (Å²) in [6, 6.07) is 13.1. The Hall–Kier alpha value is -3.68. The maximum atomic E-state index is 12.6. The molecule has 1 aromatic carbocycles. The van der Waals surface area contributed by atoms with Gasteiger partial charge in [-0.15, -0.1) is 0 Å². The Labute approximate surface area is 187 Å². The molecule has 3 heterocycles. The van der Waals surface area contributed by atoms with Crippen molar-refractivity contribution in [3.63, 3.8) is 0 Å². The number of rotatable bonds is 8. The van der Waals surface area contributed by atoms with Crippen molar-refractivity contribution in [3.05, 3.63) is 71.7 Å². The monoisotopic (exact) mass is 433 g/mol. The van der Waals surface area contributed by atoms with E-state index in [2.05, 4.69) is 20.6 Å². The molecule has 0 saturated carbocycles. The first-order valence-corrected chi connectivity index (χ1v) is 10.7. The molecule has 1 atom stereocenters. The molecule has 2 amide bonds. The Kier molecular flexibility index (Phi) is 6.49. The summed E-state index contributed by atoms with van der Waals surface area (Å²) in [5.41, 5.74) is 3.60. The Morgan fingerprint density at radius 1 is 1.12 bits per heavy atom. The number of nitrogens with zero attached hydrogens (tertiary/aromatic N) is 3. The SMILES string of the molecule is Cc1cc(C)nc(CCNc2ccc(NC(=O)C3CC(=O)N(Cc4ccco4)C3)cc2)n1. The number of carbonyl (C=O) groups is 2. The molecule has 1 aliphatic heterocycles. The Morgan fingerprint density at radius 3 is 2.53 bits per heavy atom. The van der Waals surface area contributed by atoms with Crippen molar-refractivity contribution in [3.8, 4) is 0 Å². The highest BCUT2D eigenvalue weighted by atomic mass is 16.3. The minimum Gasteiger partial charge on any atom is -0.467 e. The van der Waals surface area contributed by atoms with E-state index in [0.717, 1.165) is 29.3 Å². The quantitative estimate of drug-likeness (QED) is 0.565. The van der Waals surface area contributed by atoms with E-state index in [1.54, 1.807) is 17.2 Å². The van der Waals surface area contributed by atoms with Crippen LogP contribution in [0.3, 0.4) is 0 Å². The van der Waals surface area contributed by atoms with E-state index in [1.165, 1.54) is 0 Å². The summed E-state index contributed by atoms with van der Waals surface area (Å²) >= 11 is 0. The molecule has 0 radical (unpaired) electrons. The summed E-state index contributed by atoms with van der Waals surface area (Å²) in [5.74, 6) is 0.993. The summed E-state index contributed by atoms with van der Waals surface area (Å²) in [5, 5.41) is 6.26. The first-order valence-electron chi connectivity index (χ1n) is 10.7. The second-order valence-electron chi connectivity index (χ2n) is 8.06. The number of nitrogens with one attached hydrogen (secondary N) is 2. The number of furan rings is 1. The molecule has 0 bridgehead atoms. The molecule has 32 heavy (non-hydrogen) atoms. The van der Waals surface area contributed by atoms with Crippen molar-refractivity contribution >= 4 is 23.2 Å². The lowest BCUT2D eigenvalue weighted by Gasteiger charge is -2.15. The van der Waals surface area contributed by atoms with Gasteiger partial charge in [0, 0.05) is 48.7 Å². The van der Waals surface area contributed by atoms with E-state index in [0.29, 0.717) is 31.1 Å². The summed E-state index contributed by atoms with van der Waals surface area (Å²) < 4.78 is 5.30. The third kappa shape index (κ3) is 5.51. The Bertz CT molecular complexity index is 1060. The van der Waals surface area contributed by atoms with Crippen LogP contribution >= 0.6 is 0 Å². The number of benzene rings is 1. The number of likely N-dealkylation sites (tertiary alicyclic amines) is 1. The molecular formula is C24H27N5O3. The van der Waals surface area contributed by atoms with E-state index in [4.69, 9.17) is 4.42 Å². The van der Waals surface area contributed by atoms with Crippen LogP contribution in [0.2, 0.25) is 0 Å². The molecule has 1 saturated heterocycles. The standard InChI is InChI=1S/C24H27N5O3/c1-16-12-17(2)27-22(26-16)9-10-25-19-5-7-20(8-6-19)28-24(31)18-13-23(30)29(14-18)15-21-4-3-11-32-21/h3-8,11-12,18,25H,9-10,13-15H2,1-2H3,(H,28,31). The number of hydrogen-bond donors (Lipinski definition) is 2. The minimum atomic E-state index is -0.368. The molecule has 2 N–H and O–H groups in total. The van der Waals surface area contributed by atoms with E-state index >= 15 is 0 Å². The van der Waals surface area contributed by atoms with Crippen molar-refractivity contribution in [2.24, 2.45) is 5.92 Å². The minimum absolute atomic E-state index is 0.0334. The number of aromatic nitrogens is 2. The van der Waals surface area contributed by atoms with Crippen molar-refractivity contribution in [2.45, 2.75) is 33.2 Å². The van der Waals surface area contributed by atoms with Crippen LogP contribution in [-0.2, 0) is 22.6 Å². The van der Waals surface area contributed by atoms with Crippen molar-refractivity contribution in [1.82, 2.24) is 14.9 Å². The summed E-state index contributed by atoms with van der Waals surface area (Å²) in [7, 11) is 0. The largest absolute Gasteiger partial charge is 0.467 e. The Morgan fingerprint density at radius 2 is 1.84 bits per heavy atom. The van der Waals surface area contributed by atoms with Gasteiger partial charge in [-0.1, -0.05) is 0 Å². The fourth-order valence-electron chi connectivity index (χ4n) is 3.84. The molecule has 1 unspecified atom stereocenters. The zero-order valence-electron chi connectivity index (χ0n) is 18.3. The van der Waals surface area contributed by atoms with Gasteiger partial charge in [-0.3, -0.25) is 9.59 Å². The zero-order chi connectivity index (χ0) is 22.5. The molecule has 8 nitrogen and oxygen atoms in total. The van der Waals surface area contributed by atoms with Crippen LogP contribution in [0.25, 0.3) is 0 Å². The van der Waals surface area contributed by atoms with Crippen LogP contribution in [-0.4, -0.2) is 39.8 Å². The van der Waals surface area contributed by atoms with Crippen molar-refractivity contribution in [1.29, 1.82) is 0 Å².